The van der Waals surface area contributed by atoms with Crippen LogP contribution in [-0.4, -0.2) is 82.7 Å². The summed E-state index contributed by atoms with van der Waals surface area (Å²) >= 11 is 0. The van der Waals surface area contributed by atoms with Gasteiger partial charge in [-0.25, -0.2) is 5.01 Å². The molecule has 0 aliphatic carbocycles. The molecule has 0 radical (unpaired) electrons. The first kappa shape index (κ1) is 28.8. The molecule has 1 atom stereocenters. The number of methoxy groups -OCH3 is 5. The van der Waals surface area contributed by atoms with Gasteiger partial charge in [0.05, 0.1) is 46.8 Å². The van der Waals surface area contributed by atoms with Gasteiger partial charge in [-0.2, -0.15) is 5.10 Å². The van der Waals surface area contributed by atoms with E-state index in [4.69, 9.17) is 28.8 Å². The average molecular weight is 528 g/mol. The third kappa shape index (κ3) is 6.36. The highest BCUT2D eigenvalue weighted by Crippen LogP contribution is 2.39. The maximum absolute atomic E-state index is 13.7. The number of carbonyl (C=O) groups is 2. The molecule has 2 aromatic rings. The summed E-state index contributed by atoms with van der Waals surface area (Å²) in [4.78, 5) is 28.1. The van der Waals surface area contributed by atoms with Crippen molar-refractivity contribution >= 4 is 17.5 Å². The molecule has 1 heterocycles. The van der Waals surface area contributed by atoms with E-state index in [1.165, 1.54) is 9.91 Å². The van der Waals surface area contributed by atoms with Crippen molar-refractivity contribution in [1.29, 1.82) is 0 Å². The molecular formula is C28H37N3O7. The summed E-state index contributed by atoms with van der Waals surface area (Å²) in [5, 5.41) is 6.21. The van der Waals surface area contributed by atoms with Crippen molar-refractivity contribution in [3.05, 3.63) is 47.5 Å². The standard InChI is InChI=1S/C28H37N3O7/c1-18(2)28(33)30(12-13-34-3)17-27(32)31-23(19-8-11-24(36-5)26(14-19)38-7)16-22(29-31)21-10-9-20(35-4)15-25(21)37-6/h8-11,14-15,18,23H,12-13,16-17H2,1-7H3/t23-/m0/s1. The maximum atomic E-state index is 13.7. The van der Waals surface area contributed by atoms with Gasteiger partial charge in [0, 0.05) is 37.6 Å². The first-order chi connectivity index (χ1) is 18.3. The SMILES string of the molecule is COCCN(CC(=O)N1N=C(c2ccc(OC)cc2OC)C[C@H]1c1ccc(OC)c(OC)c1)C(=O)C(C)C. The molecule has 2 aromatic carbocycles. The monoisotopic (exact) mass is 527 g/mol. The van der Waals surface area contributed by atoms with E-state index in [-0.39, 0.29) is 24.3 Å². The molecule has 0 unspecified atom stereocenters. The number of benzene rings is 2. The summed E-state index contributed by atoms with van der Waals surface area (Å²) in [5.74, 6) is 1.66. The Hall–Kier alpha value is -3.79. The van der Waals surface area contributed by atoms with Crippen molar-refractivity contribution in [2.75, 3.05) is 55.2 Å². The summed E-state index contributed by atoms with van der Waals surface area (Å²) in [5.41, 5.74) is 2.25. The van der Waals surface area contributed by atoms with Gasteiger partial charge >= 0.3 is 0 Å². The van der Waals surface area contributed by atoms with E-state index in [2.05, 4.69) is 0 Å². The van der Waals surface area contributed by atoms with Gasteiger partial charge in [-0.15, -0.1) is 0 Å². The Kier molecular flexibility index (Phi) is 9.95. The third-order valence-electron chi connectivity index (χ3n) is 6.37. The molecular weight excluding hydrogens is 490 g/mol. The summed E-state index contributed by atoms with van der Waals surface area (Å²) in [6.07, 6.45) is 0.431. The molecule has 1 aliphatic heterocycles. The molecule has 206 valence electrons. The lowest BCUT2D eigenvalue weighted by atomic mass is 9.97. The second-order valence-corrected chi connectivity index (χ2v) is 9.09. The van der Waals surface area contributed by atoms with Crippen molar-refractivity contribution in [3.8, 4) is 23.0 Å². The molecule has 0 saturated carbocycles. The predicted octanol–water partition coefficient (Wildman–Crippen LogP) is 3.53. The van der Waals surface area contributed by atoms with Crippen molar-refractivity contribution in [1.82, 2.24) is 9.91 Å². The van der Waals surface area contributed by atoms with E-state index in [1.54, 1.807) is 61.5 Å². The number of ether oxygens (including phenoxy) is 5. The van der Waals surface area contributed by atoms with Crippen LogP contribution in [0.5, 0.6) is 23.0 Å². The molecule has 0 bridgehead atoms. The van der Waals surface area contributed by atoms with E-state index in [1.807, 2.05) is 24.3 Å². The number of hydrogen-bond acceptors (Lipinski definition) is 8. The molecule has 38 heavy (non-hydrogen) atoms. The number of nitrogens with zero attached hydrogens (tertiary/aromatic N) is 3. The van der Waals surface area contributed by atoms with Crippen molar-refractivity contribution in [2.24, 2.45) is 11.0 Å². The van der Waals surface area contributed by atoms with E-state index in [0.717, 1.165) is 11.1 Å². The number of hydrazone groups is 1. The van der Waals surface area contributed by atoms with Crippen LogP contribution < -0.4 is 18.9 Å². The molecule has 3 rings (SSSR count). The quantitative estimate of drug-likeness (QED) is 0.416. The van der Waals surface area contributed by atoms with E-state index >= 15 is 0 Å². The molecule has 0 fully saturated rings. The number of rotatable bonds is 12. The Morgan fingerprint density at radius 2 is 1.66 bits per heavy atom. The minimum Gasteiger partial charge on any atom is -0.497 e. The molecule has 2 amide bonds. The van der Waals surface area contributed by atoms with Gasteiger partial charge in [0.2, 0.25) is 5.91 Å². The lowest BCUT2D eigenvalue weighted by Gasteiger charge is -2.28. The van der Waals surface area contributed by atoms with Crippen LogP contribution in [0.25, 0.3) is 0 Å². The van der Waals surface area contributed by atoms with Crippen molar-refractivity contribution < 1.29 is 33.3 Å². The largest absolute Gasteiger partial charge is 0.497 e. The number of hydrogen-bond donors (Lipinski definition) is 0. The highest BCUT2D eigenvalue weighted by Gasteiger charge is 2.36. The van der Waals surface area contributed by atoms with Gasteiger partial charge < -0.3 is 28.6 Å². The van der Waals surface area contributed by atoms with Crippen LogP contribution in [0.1, 0.15) is 37.4 Å². The van der Waals surface area contributed by atoms with Crippen LogP contribution in [0.3, 0.4) is 0 Å². The van der Waals surface area contributed by atoms with Crippen LogP contribution >= 0.6 is 0 Å². The summed E-state index contributed by atoms with van der Waals surface area (Å²) in [7, 11) is 7.86. The molecule has 0 aromatic heterocycles. The first-order valence-electron chi connectivity index (χ1n) is 12.4. The van der Waals surface area contributed by atoms with Crippen molar-refractivity contribution in [2.45, 2.75) is 26.3 Å². The molecule has 0 spiro atoms. The second-order valence-electron chi connectivity index (χ2n) is 9.09. The molecule has 0 N–H and O–H groups in total. The van der Waals surface area contributed by atoms with E-state index in [9.17, 15) is 9.59 Å². The first-order valence-corrected chi connectivity index (χ1v) is 12.4. The van der Waals surface area contributed by atoms with Crippen LogP contribution in [-0.2, 0) is 14.3 Å². The van der Waals surface area contributed by atoms with E-state index < -0.39 is 6.04 Å². The van der Waals surface area contributed by atoms with Crippen molar-refractivity contribution in [3.63, 3.8) is 0 Å². The number of amides is 2. The van der Waals surface area contributed by atoms with Gasteiger partial charge in [0.15, 0.2) is 11.5 Å². The lowest BCUT2D eigenvalue weighted by molar-refractivity contribution is -0.143. The van der Waals surface area contributed by atoms with Gasteiger partial charge in [0.25, 0.3) is 5.91 Å². The van der Waals surface area contributed by atoms with Gasteiger partial charge in [0.1, 0.15) is 18.0 Å². The smallest absolute Gasteiger partial charge is 0.262 e. The van der Waals surface area contributed by atoms with Crippen LogP contribution in [0.15, 0.2) is 41.5 Å². The zero-order chi connectivity index (χ0) is 27.8. The lowest BCUT2D eigenvalue weighted by Crippen LogP contribution is -2.44. The Balaban J connectivity index is 2.02. The van der Waals surface area contributed by atoms with Gasteiger partial charge in [-0.05, 0) is 29.8 Å². The van der Waals surface area contributed by atoms with Crippen LogP contribution in [0.4, 0.5) is 0 Å². The average Bonchev–Trinajstić information content (AvgIpc) is 3.39. The minimum atomic E-state index is -0.428. The predicted molar refractivity (Wildman–Crippen MR) is 143 cm³/mol. The van der Waals surface area contributed by atoms with Crippen LogP contribution in [0, 0.1) is 5.92 Å². The third-order valence-corrected chi connectivity index (χ3v) is 6.37. The summed E-state index contributed by atoms with van der Waals surface area (Å²) < 4.78 is 27.0. The molecule has 1 aliphatic rings. The molecule has 10 nitrogen and oxygen atoms in total. The fourth-order valence-corrected chi connectivity index (χ4v) is 4.33. The zero-order valence-corrected chi connectivity index (χ0v) is 23.1. The summed E-state index contributed by atoms with van der Waals surface area (Å²) in [6, 6.07) is 10.6. The minimum absolute atomic E-state index is 0.124. The highest BCUT2D eigenvalue weighted by molar-refractivity contribution is 6.05. The zero-order valence-electron chi connectivity index (χ0n) is 23.1. The Morgan fingerprint density at radius 1 is 0.947 bits per heavy atom. The Labute approximate surface area is 224 Å². The number of carbonyl (C=O) groups excluding carboxylic acids is 2. The molecule has 10 heteroatoms. The highest BCUT2D eigenvalue weighted by atomic mass is 16.5. The normalized spacial score (nSPS) is 14.8. The maximum Gasteiger partial charge on any atom is 0.262 e. The summed E-state index contributed by atoms with van der Waals surface area (Å²) in [6.45, 7) is 4.11. The Bertz CT molecular complexity index is 1170. The Morgan fingerprint density at radius 3 is 2.26 bits per heavy atom. The fourth-order valence-electron chi connectivity index (χ4n) is 4.33. The van der Waals surface area contributed by atoms with Gasteiger partial charge in [-0.3, -0.25) is 9.59 Å². The van der Waals surface area contributed by atoms with E-state index in [0.29, 0.717) is 48.3 Å². The molecule has 0 saturated heterocycles. The fraction of sp³-hybridized carbons (Fsp3) is 0.464. The second kappa shape index (κ2) is 13.1. The van der Waals surface area contributed by atoms with Crippen LogP contribution in [0.2, 0.25) is 0 Å². The topological polar surface area (TPSA) is 99.1 Å². The van der Waals surface area contributed by atoms with Gasteiger partial charge in [-0.1, -0.05) is 19.9 Å².